The summed E-state index contributed by atoms with van der Waals surface area (Å²) in [4.78, 5) is 2.28. The molecule has 0 unspecified atom stereocenters. The van der Waals surface area contributed by atoms with Gasteiger partial charge in [0.2, 0.25) is 10.0 Å². The molecule has 1 fully saturated rings. The lowest BCUT2D eigenvalue weighted by Gasteiger charge is -2.28. The number of aryl methyl sites for hydroxylation is 1. The first-order chi connectivity index (χ1) is 11.1. The van der Waals surface area contributed by atoms with E-state index in [1.165, 1.54) is 11.1 Å². The van der Waals surface area contributed by atoms with Crippen molar-refractivity contribution < 1.29 is 13.2 Å². The van der Waals surface area contributed by atoms with Crippen LogP contribution < -0.4 is 0 Å². The lowest BCUT2D eigenvalue weighted by Crippen LogP contribution is -2.38. The maximum absolute atomic E-state index is 12.7. The zero-order valence-electron chi connectivity index (χ0n) is 13.8. The van der Waals surface area contributed by atoms with E-state index < -0.39 is 10.0 Å². The van der Waals surface area contributed by atoms with E-state index >= 15 is 0 Å². The lowest BCUT2D eigenvalue weighted by molar-refractivity contribution is 0.0380. The van der Waals surface area contributed by atoms with Crippen molar-refractivity contribution in [1.82, 2.24) is 9.21 Å². The van der Waals surface area contributed by atoms with E-state index in [-0.39, 0.29) is 11.8 Å². The second-order valence-electron chi connectivity index (χ2n) is 6.39. The quantitative estimate of drug-likeness (QED) is 0.791. The average Bonchev–Trinajstić information content (AvgIpc) is 2.99. The minimum atomic E-state index is -3.21. The van der Waals surface area contributed by atoms with Crippen LogP contribution in [0.15, 0.2) is 24.3 Å². The first-order valence-electron chi connectivity index (χ1n) is 8.41. The number of rotatable bonds is 6. The van der Waals surface area contributed by atoms with Crippen molar-refractivity contribution in [1.29, 1.82) is 0 Å². The molecule has 1 heterocycles. The Morgan fingerprint density at radius 1 is 1.26 bits per heavy atom. The van der Waals surface area contributed by atoms with Crippen LogP contribution in [0.3, 0.4) is 0 Å². The van der Waals surface area contributed by atoms with Crippen LogP contribution in [0.4, 0.5) is 0 Å². The highest BCUT2D eigenvalue weighted by Crippen LogP contribution is 2.36. The average molecular weight is 338 g/mol. The first kappa shape index (κ1) is 16.9. The number of hydrogen-bond donors (Lipinski definition) is 0. The number of ether oxygens (including phenoxy) is 1. The van der Waals surface area contributed by atoms with Crippen LogP contribution in [0.1, 0.15) is 30.0 Å². The van der Waals surface area contributed by atoms with Gasteiger partial charge in [0.05, 0.1) is 19.0 Å². The van der Waals surface area contributed by atoms with Crippen molar-refractivity contribution in [3.63, 3.8) is 0 Å². The van der Waals surface area contributed by atoms with Crippen LogP contribution in [0.2, 0.25) is 0 Å². The van der Waals surface area contributed by atoms with E-state index in [0.29, 0.717) is 6.42 Å². The minimum absolute atomic E-state index is 0.000383. The summed E-state index contributed by atoms with van der Waals surface area (Å²) in [5.74, 6) is 0.222. The molecular formula is C17H26N2O3S. The summed E-state index contributed by atoms with van der Waals surface area (Å²) in [6.45, 7) is 4.16. The first-order valence-corrected chi connectivity index (χ1v) is 10.0. The monoisotopic (exact) mass is 338 g/mol. The molecule has 128 valence electrons. The summed E-state index contributed by atoms with van der Waals surface area (Å²) in [6.07, 6.45) is 2.54. The Labute approximate surface area is 139 Å². The van der Waals surface area contributed by atoms with Gasteiger partial charge in [-0.25, -0.2) is 8.42 Å². The molecule has 0 saturated carbocycles. The van der Waals surface area contributed by atoms with Crippen LogP contribution >= 0.6 is 0 Å². The Balaban J connectivity index is 1.57. The van der Waals surface area contributed by atoms with Crippen LogP contribution in [0.25, 0.3) is 0 Å². The predicted molar refractivity (Wildman–Crippen MR) is 90.9 cm³/mol. The molecule has 2 aliphatic rings. The maximum atomic E-state index is 12.7. The second kappa shape index (κ2) is 7.30. The van der Waals surface area contributed by atoms with Crippen molar-refractivity contribution >= 4 is 10.0 Å². The SMILES string of the molecule is CN([C@@H]1CCc2ccccc21)S(=O)(=O)CCCN1CCOCC1. The fourth-order valence-electron chi connectivity index (χ4n) is 3.55. The van der Waals surface area contributed by atoms with Crippen molar-refractivity contribution in [3.8, 4) is 0 Å². The van der Waals surface area contributed by atoms with Crippen molar-refractivity contribution in [2.75, 3.05) is 45.6 Å². The Bertz CT molecular complexity index is 626. The van der Waals surface area contributed by atoms with Gasteiger partial charge in [0.1, 0.15) is 0 Å². The number of nitrogens with zero attached hydrogens (tertiary/aromatic N) is 2. The number of fused-ring (bicyclic) bond motifs is 1. The fraction of sp³-hybridized carbons (Fsp3) is 0.647. The molecule has 1 aromatic carbocycles. The fourth-order valence-corrected chi connectivity index (χ4v) is 4.93. The molecule has 0 aromatic heterocycles. The van der Waals surface area contributed by atoms with Gasteiger partial charge in [0, 0.05) is 26.2 Å². The Kier molecular flexibility index (Phi) is 5.36. The lowest BCUT2D eigenvalue weighted by atomic mass is 10.1. The molecular weight excluding hydrogens is 312 g/mol. The second-order valence-corrected chi connectivity index (χ2v) is 8.54. The minimum Gasteiger partial charge on any atom is -0.379 e. The van der Waals surface area contributed by atoms with Gasteiger partial charge < -0.3 is 4.74 Å². The molecule has 6 heteroatoms. The van der Waals surface area contributed by atoms with Gasteiger partial charge in [-0.15, -0.1) is 0 Å². The van der Waals surface area contributed by atoms with E-state index in [2.05, 4.69) is 17.0 Å². The summed E-state index contributed by atoms with van der Waals surface area (Å²) in [5, 5.41) is 0. The zero-order chi connectivity index (χ0) is 16.3. The molecule has 5 nitrogen and oxygen atoms in total. The number of sulfonamides is 1. The molecule has 0 spiro atoms. The summed E-state index contributed by atoms with van der Waals surface area (Å²) < 4.78 is 32.2. The number of hydrogen-bond acceptors (Lipinski definition) is 4. The summed E-state index contributed by atoms with van der Waals surface area (Å²) in [7, 11) is -1.48. The molecule has 1 atom stereocenters. The highest BCUT2D eigenvalue weighted by Gasteiger charge is 2.32. The third-order valence-electron chi connectivity index (χ3n) is 4.96. The molecule has 0 amide bonds. The highest BCUT2D eigenvalue weighted by molar-refractivity contribution is 7.89. The Hall–Kier alpha value is -0.950. The molecule has 1 aliphatic carbocycles. The molecule has 1 aromatic rings. The van der Waals surface area contributed by atoms with Crippen LogP contribution in [-0.2, 0) is 21.2 Å². The predicted octanol–water partition coefficient (Wildman–Crippen LogP) is 1.66. The van der Waals surface area contributed by atoms with Crippen LogP contribution in [0, 0.1) is 0 Å². The van der Waals surface area contributed by atoms with Gasteiger partial charge in [0.15, 0.2) is 0 Å². The van der Waals surface area contributed by atoms with Gasteiger partial charge in [-0.05, 0) is 36.9 Å². The van der Waals surface area contributed by atoms with Crippen molar-refractivity contribution in [3.05, 3.63) is 35.4 Å². The van der Waals surface area contributed by atoms with Gasteiger partial charge in [-0.1, -0.05) is 24.3 Å². The van der Waals surface area contributed by atoms with Gasteiger partial charge in [-0.2, -0.15) is 4.31 Å². The number of benzene rings is 1. The standard InChI is InChI=1S/C17H26N2O3S/c1-18(17-8-7-15-5-2-3-6-16(15)17)23(20,21)14-4-9-19-10-12-22-13-11-19/h2-3,5-6,17H,4,7-14H2,1H3/t17-/m1/s1. The van der Waals surface area contributed by atoms with Crippen LogP contribution in [0.5, 0.6) is 0 Å². The molecule has 1 saturated heterocycles. The van der Waals surface area contributed by atoms with E-state index in [1.54, 1.807) is 11.4 Å². The molecule has 1 aliphatic heterocycles. The van der Waals surface area contributed by atoms with E-state index in [9.17, 15) is 8.42 Å². The molecule has 0 bridgehead atoms. The molecule has 3 rings (SSSR count). The topological polar surface area (TPSA) is 49.9 Å². The van der Waals surface area contributed by atoms with Gasteiger partial charge >= 0.3 is 0 Å². The van der Waals surface area contributed by atoms with Crippen molar-refractivity contribution in [2.24, 2.45) is 0 Å². The Morgan fingerprint density at radius 3 is 2.78 bits per heavy atom. The third-order valence-corrected chi connectivity index (χ3v) is 6.90. The maximum Gasteiger partial charge on any atom is 0.214 e. The van der Waals surface area contributed by atoms with Gasteiger partial charge in [0.25, 0.3) is 0 Å². The van der Waals surface area contributed by atoms with Crippen LogP contribution in [-0.4, -0.2) is 63.3 Å². The van der Waals surface area contributed by atoms with E-state index in [4.69, 9.17) is 4.74 Å². The summed E-state index contributed by atoms with van der Waals surface area (Å²) >= 11 is 0. The summed E-state index contributed by atoms with van der Waals surface area (Å²) in [5.41, 5.74) is 2.46. The van der Waals surface area contributed by atoms with Gasteiger partial charge in [-0.3, -0.25) is 4.90 Å². The largest absolute Gasteiger partial charge is 0.379 e. The smallest absolute Gasteiger partial charge is 0.214 e. The van der Waals surface area contributed by atoms with Crippen molar-refractivity contribution in [2.45, 2.75) is 25.3 Å². The number of morpholine rings is 1. The highest BCUT2D eigenvalue weighted by atomic mass is 32.2. The normalized spacial score (nSPS) is 22.4. The molecule has 23 heavy (non-hydrogen) atoms. The molecule has 0 N–H and O–H groups in total. The summed E-state index contributed by atoms with van der Waals surface area (Å²) in [6, 6.07) is 8.19. The zero-order valence-corrected chi connectivity index (χ0v) is 14.6. The molecule has 0 radical (unpaired) electrons. The third kappa shape index (κ3) is 3.94. The van der Waals surface area contributed by atoms with E-state index in [0.717, 1.165) is 45.7 Å². The van der Waals surface area contributed by atoms with E-state index in [1.807, 2.05) is 12.1 Å². The Morgan fingerprint density at radius 2 is 2.00 bits per heavy atom.